The molecule has 0 radical (unpaired) electrons. The molecule has 6 rings (SSSR count). The Morgan fingerprint density at radius 2 is 1.82 bits per heavy atom. The van der Waals surface area contributed by atoms with Gasteiger partial charge in [-0.3, -0.25) is 4.79 Å². The number of nitrogens with zero attached hydrogens (tertiary/aromatic N) is 4. The van der Waals surface area contributed by atoms with Crippen LogP contribution in [-0.2, 0) is 21.2 Å². The van der Waals surface area contributed by atoms with E-state index in [-0.39, 0.29) is 40.6 Å². The lowest BCUT2D eigenvalue weighted by Crippen LogP contribution is -2.45. The highest BCUT2D eigenvalue weighted by Gasteiger charge is 2.38. The van der Waals surface area contributed by atoms with Gasteiger partial charge in [0, 0.05) is 30.2 Å². The van der Waals surface area contributed by atoms with Crippen molar-refractivity contribution in [3.63, 3.8) is 0 Å². The van der Waals surface area contributed by atoms with Crippen molar-refractivity contribution in [3.05, 3.63) is 52.8 Å². The first-order valence-electron chi connectivity index (χ1n) is 12.9. The van der Waals surface area contributed by atoms with Gasteiger partial charge in [-0.1, -0.05) is 28.8 Å². The first kappa shape index (κ1) is 26.2. The standard InChI is InChI=1S/C26H28ClFN6O4S/c27-16-3-1-15(2-4-16)13-34-22-11-19(20(28)12-23(22)39(36,37)14-21(29)25(34)35)24-31-32-26(38-24)30-17-7-9-33(10-8-17)18-5-6-18/h1-4,11-12,17-18,21H,5-10,13-14,29H2,(H,30,32)/t21-/m0/s1. The Labute approximate surface area is 230 Å². The topological polar surface area (TPSA) is 135 Å². The Morgan fingerprint density at radius 1 is 1.10 bits per heavy atom. The van der Waals surface area contributed by atoms with Gasteiger partial charge in [0.25, 0.3) is 5.89 Å². The number of piperidine rings is 1. The Kier molecular flexibility index (Phi) is 6.82. The summed E-state index contributed by atoms with van der Waals surface area (Å²) in [6, 6.07) is 8.65. The first-order valence-corrected chi connectivity index (χ1v) is 14.9. The van der Waals surface area contributed by atoms with E-state index < -0.39 is 33.4 Å². The minimum absolute atomic E-state index is 0.000503. The van der Waals surface area contributed by atoms with Gasteiger partial charge in [-0.25, -0.2) is 12.8 Å². The summed E-state index contributed by atoms with van der Waals surface area (Å²) in [5, 5.41) is 11.8. The van der Waals surface area contributed by atoms with Gasteiger partial charge in [0.05, 0.1) is 34.5 Å². The molecule has 0 spiro atoms. The third kappa shape index (κ3) is 5.38. The fourth-order valence-corrected chi connectivity index (χ4v) is 6.92. The molecule has 10 nitrogen and oxygen atoms in total. The maximum Gasteiger partial charge on any atom is 0.315 e. The molecule has 3 aliphatic rings. The maximum atomic E-state index is 15.4. The number of halogens is 2. The number of amides is 1. The normalized spacial score (nSPS) is 22.0. The average Bonchev–Trinajstić information content (AvgIpc) is 3.67. The number of carbonyl (C=O) groups excluding carboxylic acids is 1. The largest absolute Gasteiger partial charge is 0.403 e. The number of rotatable bonds is 6. The average molecular weight is 575 g/mol. The molecule has 0 unspecified atom stereocenters. The summed E-state index contributed by atoms with van der Waals surface area (Å²) in [5.41, 5.74) is 6.55. The minimum Gasteiger partial charge on any atom is -0.403 e. The molecule has 2 aliphatic heterocycles. The molecule has 2 aromatic carbocycles. The summed E-state index contributed by atoms with van der Waals surface area (Å²) < 4.78 is 47.3. The van der Waals surface area contributed by atoms with Gasteiger partial charge in [0.15, 0.2) is 9.84 Å². The summed E-state index contributed by atoms with van der Waals surface area (Å²) >= 11 is 5.99. The fraction of sp³-hybridized carbons (Fsp3) is 0.423. The number of sulfone groups is 1. The molecule has 3 aromatic rings. The lowest BCUT2D eigenvalue weighted by molar-refractivity contribution is -0.119. The molecule has 3 N–H and O–H groups in total. The second-order valence-electron chi connectivity index (χ2n) is 10.3. The molecule has 1 saturated carbocycles. The van der Waals surface area contributed by atoms with Crippen molar-refractivity contribution in [1.82, 2.24) is 15.1 Å². The number of benzene rings is 2. The van der Waals surface area contributed by atoms with Gasteiger partial charge in [-0.2, -0.15) is 0 Å². The van der Waals surface area contributed by atoms with Crippen LogP contribution in [0.4, 0.5) is 16.1 Å². The van der Waals surface area contributed by atoms with Crippen LogP contribution >= 0.6 is 11.6 Å². The first-order chi connectivity index (χ1) is 18.7. The number of likely N-dealkylation sites (tertiary alicyclic amines) is 1. The SMILES string of the molecule is N[C@H]1CS(=O)(=O)c2cc(F)c(-c3nnc(NC4CCN(C5CC5)CC4)o3)cc2N(Cc2ccc(Cl)cc2)C1=O. The summed E-state index contributed by atoms with van der Waals surface area (Å²) in [6.45, 7) is 2.00. The highest BCUT2D eigenvalue weighted by molar-refractivity contribution is 7.91. The third-order valence-corrected chi connectivity index (χ3v) is 9.53. The van der Waals surface area contributed by atoms with Gasteiger partial charge in [-0.05, 0) is 55.5 Å². The van der Waals surface area contributed by atoms with E-state index in [0.717, 1.165) is 38.0 Å². The summed E-state index contributed by atoms with van der Waals surface area (Å²) in [6.07, 6.45) is 4.41. The third-order valence-electron chi connectivity index (χ3n) is 7.49. The lowest BCUT2D eigenvalue weighted by atomic mass is 10.1. The van der Waals surface area contributed by atoms with Gasteiger partial charge >= 0.3 is 6.01 Å². The van der Waals surface area contributed by atoms with Crippen molar-refractivity contribution in [2.75, 3.05) is 29.1 Å². The van der Waals surface area contributed by atoms with Gasteiger partial charge in [-0.15, -0.1) is 5.10 Å². The molecule has 1 amide bonds. The van der Waals surface area contributed by atoms with Crippen molar-refractivity contribution < 1.29 is 22.0 Å². The van der Waals surface area contributed by atoms with Crippen LogP contribution < -0.4 is 16.0 Å². The molecule has 2 fully saturated rings. The van der Waals surface area contributed by atoms with E-state index >= 15 is 4.39 Å². The van der Waals surface area contributed by atoms with Gasteiger partial charge in [0.2, 0.25) is 5.91 Å². The van der Waals surface area contributed by atoms with Crippen LogP contribution in [0.3, 0.4) is 0 Å². The van der Waals surface area contributed by atoms with Crippen molar-refractivity contribution >= 4 is 39.0 Å². The zero-order valence-corrected chi connectivity index (χ0v) is 22.6. The lowest BCUT2D eigenvalue weighted by Gasteiger charge is -2.31. The van der Waals surface area contributed by atoms with Crippen molar-refractivity contribution in [1.29, 1.82) is 0 Å². The second-order valence-corrected chi connectivity index (χ2v) is 12.8. The predicted octanol–water partition coefficient (Wildman–Crippen LogP) is 3.22. The number of hydrogen-bond acceptors (Lipinski definition) is 9. The number of aromatic nitrogens is 2. The molecule has 13 heteroatoms. The molecule has 3 heterocycles. The van der Waals surface area contributed by atoms with Gasteiger partial charge < -0.3 is 25.3 Å². The number of fused-ring (bicyclic) bond motifs is 1. The minimum atomic E-state index is -4.07. The number of nitrogens with one attached hydrogen (secondary N) is 1. The molecular formula is C26H28ClFN6O4S. The smallest absolute Gasteiger partial charge is 0.315 e. The summed E-state index contributed by atoms with van der Waals surface area (Å²) in [5.74, 6) is -2.23. The highest BCUT2D eigenvalue weighted by Crippen LogP contribution is 2.37. The number of anilines is 2. The number of carbonyl (C=O) groups is 1. The van der Waals surface area contributed by atoms with Crippen LogP contribution in [0.2, 0.25) is 5.02 Å². The zero-order valence-electron chi connectivity index (χ0n) is 21.0. The van der Waals surface area contributed by atoms with E-state index in [0.29, 0.717) is 10.6 Å². The number of hydrogen-bond donors (Lipinski definition) is 2. The van der Waals surface area contributed by atoms with Crippen LogP contribution in [0.25, 0.3) is 11.5 Å². The van der Waals surface area contributed by atoms with Crippen LogP contribution in [0.1, 0.15) is 31.2 Å². The number of nitrogens with two attached hydrogens (primary N) is 1. The Morgan fingerprint density at radius 3 is 2.51 bits per heavy atom. The summed E-state index contributed by atoms with van der Waals surface area (Å²) in [7, 11) is -4.07. The van der Waals surface area contributed by atoms with Crippen molar-refractivity contribution in [3.8, 4) is 11.5 Å². The van der Waals surface area contributed by atoms with E-state index in [4.69, 9.17) is 21.8 Å². The zero-order chi connectivity index (χ0) is 27.3. The Hall–Kier alpha value is -3.06. The van der Waals surface area contributed by atoms with E-state index in [1.54, 1.807) is 24.3 Å². The molecule has 0 bridgehead atoms. The molecule has 39 heavy (non-hydrogen) atoms. The monoisotopic (exact) mass is 574 g/mol. The molecule has 1 aromatic heterocycles. The van der Waals surface area contributed by atoms with E-state index in [2.05, 4.69) is 20.4 Å². The van der Waals surface area contributed by atoms with Crippen LogP contribution in [0.5, 0.6) is 0 Å². The van der Waals surface area contributed by atoms with Crippen LogP contribution in [-0.4, -0.2) is 66.4 Å². The van der Waals surface area contributed by atoms with Crippen molar-refractivity contribution in [2.45, 2.75) is 55.2 Å². The Bertz CT molecular complexity index is 1500. The van der Waals surface area contributed by atoms with Crippen LogP contribution in [0, 0.1) is 5.82 Å². The fourth-order valence-electron chi connectivity index (χ4n) is 5.23. The molecule has 1 saturated heterocycles. The van der Waals surface area contributed by atoms with Crippen LogP contribution in [0.15, 0.2) is 45.7 Å². The maximum absolute atomic E-state index is 15.4. The highest BCUT2D eigenvalue weighted by atomic mass is 35.5. The van der Waals surface area contributed by atoms with E-state index in [9.17, 15) is 13.2 Å². The molecule has 206 valence electrons. The summed E-state index contributed by atoms with van der Waals surface area (Å²) in [4.78, 5) is 16.7. The molecule has 1 aliphatic carbocycles. The van der Waals surface area contributed by atoms with E-state index in [1.807, 2.05) is 0 Å². The Balaban J connectivity index is 1.31. The molecule has 1 atom stereocenters. The molecular weight excluding hydrogens is 547 g/mol. The predicted molar refractivity (Wildman–Crippen MR) is 144 cm³/mol. The second kappa shape index (κ2) is 10.2. The quantitative estimate of drug-likeness (QED) is 0.455. The van der Waals surface area contributed by atoms with Gasteiger partial charge in [0.1, 0.15) is 5.82 Å². The van der Waals surface area contributed by atoms with Crippen molar-refractivity contribution in [2.24, 2.45) is 5.73 Å². The van der Waals surface area contributed by atoms with E-state index in [1.165, 1.54) is 23.8 Å².